The molecule has 5 heteroatoms. The second kappa shape index (κ2) is 9.04. The number of hydrogen-bond acceptors (Lipinski definition) is 2. The Hall–Kier alpha value is -0.936. The van der Waals surface area contributed by atoms with Crippen molar-refractivity contribution < 1.29 is 0 Å². The number of nitrogens with zero attached hydrogens (tertiary/aromatic N) is 2. The van der Waals surface area contributed by atoms with Crippen molar-refractivity contribution in [2.75, 3.05) is 17.3 Å². The van der Waals surface area contributed by atoms with Crippen LogP contribution >= 0.6 is 8.07 Å². The van der Waals surface area contributed by atoms with Crippen molar-refractivity contribution in [2.45, 2.75) is 53.1 Å². The van der Waals surface area contributed by atoms with Crippen molar-refractivity contribution in [1.82, 2.24) is 4.67 Å². The fraction of sp³-hybridized carbons (Fsp3) is 0.455. The Bertz CT molecular complexity index is 705. The zero-order valence-corrected chi connectivity index (χ0v) is 21.3. The van der Waals surface area contributed by atoms with Crippen LogP contribution in [0.4, 0.5) is 5.69 Å². The number of benzene rings is 2. The molecule has 2 aromatic rings. The van der Waals surface area contributed by atoms with Gasteiger partial charge in [0.15, 0.2) is 0 Å². The van der Waals surface area contributed by atoms with Gasteiger partial charge in [-0.25, -0.2) is 0 Å². The molecule has 1 unspecified atom stereocenters. The van der Waals surface area contributed by atoms with Crippen LogP contribution in [0.1, 0.15) is 13.8 Å². The minimum absolute atomic E-state index is 0.490. The van der Waals surface area contributed by atoms with Crippen LogP contribution in [0, 0.1) is 0 Å². The van der Waals surface area contributed by atoms with Gasteiger partial charge < -0.3 is 4.23 Å². The molecule has 2 rings (SSSR count). The van der Waals surface area contributed by atoms with Crippen molar-refractivity contribution in [3.8, 4) is 0 Å². The van der Waals surface area contributed by atoms with Crippen LogP contribution in [-0.4, -0.2) is 34.2 Å². The maximum absolute atomic E-state index is 2.82. The molecule has 0 spiro atoms. The molecule has 0 N–H and O–H groups in total. The van der Waals surface area contributed by atoms with Crippen molar-refractivity contribution in [3.05, 3.63) is 54.6 Å². The highest BCUT2D eigenvalue weighted by molar-refractivity contribution is 7.70. The minimum Gasteiger partial charge on any atom is -0.425 e. The average Bonchev–Trinajstić information content (AvgIpc) is 2.58. The highest BCUT2D eigenvalue weighted by Crippen LogP contribution is 2.39. The summed E-state index contributed by atoms with van der Waals surface area (Å²) in [4.78, 5) is 0. The molecule has 0 heterocycles. The van der Waals surface area contributed by atoms with E-state index in [4.69, 9.17) is 0 Å². The Morgan fingerprint density at radius 2 is 1.22 bits per heavy atom. The summed E-state index contributed by atoms with van der Waals surface area (Å²) in [5, 5.41) is 2.92. The molecule has 0 aliphatic rings. The van der Waals surface area contributed by atoms with E-state index in [2.05, 4.69) is 117 Å². The lowest BCUT2D eigenvalue weighted by Gasteiger charge is -2.46. The van der Waals surface area contributed by atoms with E-state index in [0.717, 1.165) is 13.1 Å². The Kier molecular flexibility index (Phi) is 7.49. The topological polar surface area (TPSA) is 6.48 Å². The molecule has 2 nitrogen and oxygen atoms in total. The smallest absolute Gasteiger partial charge is 0.138 e. The maximum atomic E-state index is 2.82. The minimum atomic E-state index is -1.46. The van der Waals surface area contributed by atoms with Gasteiger partial charge in [-0.3, -0.25) is 4.67 Å². The molecular formula is C22H37N2PSi2. The lowest BCUT2D eigenvalue weighted by atomic mass is 10.3. The quantitative estimate of drug-likeness (QED) is 0.393. The van der Waals surface area contributed by atoms with Gasteiger partial charge in [0.05, 0.1) is 0 Å². The van der Waals surface area contributed by atoms with Crippen molar-refractivity contribution >= 4 is 40.8 Å². The molecule has 0 amide bonds. The third-order valence-electron chi connectivity index (χ3n) is 4.69. The predicted octanol–water partition coefficient (Wildman–Crippen LogP) is 5.85. The summed E-state index contributed by atoms with van der Waals surface area (Å²) in [6.45, 7) is 21.6. The van der Waals surface area contributed by atoms with E-state index in [9.17, 15) is 0 Å². The zero-order chi connectivity index (χ0) is 20.2. The predicted molar refractivity (Wildman–Crippen MR) is 131 cm³/mol. The molecule has 0 aliphatic carbocycles. The van der Waals surface area contributed by atoms with Gasteiger partial charge >= 0.3 is 0 Å². The second-order valence-electron chi connectivity index (χ2n) is 8.98. The van der Waals surface area contributed by atoms with Crippen LogP contribution in [0.2, 0.25) is 39.3 Å². The Balaban J connectivity index is 2.58. The van der Waals surface area contributed by atoms with E-state index in [1.807, 2.05) is 0 Å². The summed E-state index contributed by atoms with van der Waals surface area (Å²) in [7, 11) is -3.40. The summed E-state index contributed by atoms with van der Waals surface area (Å²) in [5.41, 5.74) is 1.43. The normalized spacial score (nSPS) is 13.7. The SMILES string of the molecule is CCN(CC)P(c1ccccc1)c1cccc(N([Si](C)(C)C)[Si](C)(C)C)c1. The van der Waals surface area contributed by atoms with Gasteiger partial charge in [0, 0.05) is 13.8 Å². The first-order chi connectivity index (χ1) is 12.6. The van der Waals surface area contributed by atoms with Gasteiger partial charge in [-0.15, -0.1) is 0 Å². The van der Waals surface area contributed by atoms with E-state index in [1.54, 1.807) is 0 Å². The highest BCUT2D eigenvalue weighted by Gasteiger charge is 2.35. The molecule has 0 fully saturated rings. The number of hydrogen-bond donors (Lipinski definition) is 0. The standard InChI is InChI=1S/C22H37N2PSi2/c1-9-23(10-2)25(21-16-12-11-13-17-21)22-18-14-15-20(19-22)24(26(3,4)5)27(6,7)8/h11-19H,9-10H2,1-8H3. The maximum Gasteiger partial charge on any atom is 0.138 e. The van der Waals surface area contributed by atoms with Gasteiger partial charge in [-0.2, -0.15) is 0 Å². The summed E-state index contributed by atoms with van der Waals surface area (Å²) in [6.07, 6.45) is 0. The number of anilines is 1. The molecule has 148 valence electrons. The van der Waals surface area contributed by atoms with Crippen molar-refractivity contribution in [3.63, 3.8) is 0 Å². The summed E-state index contributed by atoms with van der Waals surface area (Å²) in [5.74, 6) is 0. The Labute approximate surface area is 170 Å². The average molecular weight is 417 g/mol. The lowest BCUT2D eigenvalue weighted by molar-refractivity contribution is 0.514. The zero-order valence-electron chi connectivity index (χ0n) is 18.5. The lowest BCUT2D eigenvalue weighted by Crippen LogP contribution is -2.59. The molecule has 0 saturated carbocycles. The van der Waals surface area contributed by atoms with E-state index in [1.165, 1.54) is 16.3 Å². The van der Waals surface area contributed by atoms with Gasteiger partial charge in [-0.1, -0.05) is 95.6 Å². The van der Waals surface area contributed by atoms with E-state index in [0.29, 0.717) is 0 Å². The number of rotatable bonds is 8. The van der Waals surface area contributed by atoms with Crippen LogP contribution in [0.3, 0.4) is 0 Å². The first kappa shape index (κ1) is 22.4. The van der Waals surface area contributed by atoms with Crippen LogP contribution in [0.15, 0.2) is 54.6 Å². The van der Waals surface area contributed by atoms with Gasteiger partial charge in [0.1, 0.15) is 16.5 Å². The van der Waals surface area contributed by atoms with Crippen molar-refractivity contribution in [1.29, 1.82) is 0 Å². The first-order valence-corrected chi connectivity index (χ1v) is 18.3. The monoisotopic (exact) mass is 416 g/mol. The van der Waals surface area contributed by atoms with Crippen LogP contribution in [0.25, 0.3) is 0 Å². The van der Waals surface area contributed by atoms with E-state index in [-0.39, 0.29) is 0 Å². The van der Waals surface area contributed by atoms with Crippen LogP contribution in [-0.2, 0) is 0 Å². The molecule has 0 aliphatic heterocycles. The molecule has 2 aromatic carbocycles. The van der Waals surface area contributed by atoms with Gasteiger partial charge in [0.2, 0.25) is 0 Å². The third kappa shape index (κ3) is 5.54. The molecule has 0 saturated heterocycles. The fourth-order valence-electron chi connectivity index (χ4n) is 4.10. The van der Waals surface area contributed by atoms with Crippen LogP contribution in [0.5, 0.6) is 0 Å². The van der Waals surface area contributed by atoms with Crippen LogP contribution < -0.4 is 14.8 Å². The molecule has 1 atom stereocenters. The summed E-state index contributed by atoms with van der Waals surface area (Å²) >= 11 is 0. The third-order valence-corrected chi connectivity index (χ3v) is 14.6. The molecule has 0 radical (unpaired) electrons. The summed E-state index contributed by atoms with van der Waals surface area (Å²) < 4.78 is 5.45. The van der Waals surface area contributed by atoms with Gasteiger partial charge in [0.25, 0.3) is 0 Å². The largest absolute Gasteiger partial charge is 0.425 e. The fourth-order valence-corrected chi connectivity index (χ4v) is 16.4. The Morgan fingerprint density at radius 3 is 1.70 bits per heavy atom. The molecular weight excluding hydrogens is 379 g/mol. The Morgan fingerprint density at radius 1 is 0.704 bits per heavy atom. The molecule has 27 heavy (non-hydrogen) atoms. The van der Waals surface area contributed by atoms with Gasteiger partial charge in [-0.05, 0) is 35.8 Å². The van der Waals surface area contributed by atoms with Crippen molar-refractivity contribution in [2.24, 2.45) is 0 Å². The molecule has 0 bridgehead atoms. The molecule has 0 aromatic heterocycles. The first-order valence-electron chi connectivity index (χ1n) is 10.1. The summed E-state index contributed by atoms with van der Waals surface area (Å²) in [6, 6.07) is 20.5. The second-order valence-corrected chi connectivity index (χ2v) is 21.2. The van der Waals surface area contributed by atoms with E-state index < -0.39 is 24.5 Å². The van der Waals surface area contributed by atoms with E-state index >= 15 is 0 Å². The highest BCUT2D eigenvalue weighted by atomic mass is 31.1.